The first-order valence-corrected chi connectivity index (χ1v) is 6.26. The van der Waals surface area contributed by atoms with Crippen LogP contribution in [0.2, 0.25) is 0 Å². The van der Waals surface area contributed by atoms with E-state index in [0.717, 1.165) is 5.56 Å². The van der Waals surface area contributed by atoms with E-state index >= 15 is 0 Å². The molecule has 0 bridgehead atoms. The van der Waals surface area contributed by atoms with Crippen LogP contribution in [0.4, 0.5) is 4.39 Å². The van der Waals surface area contributed by atoms with Gasteiger partial charge in [0.2, 0.25) is 0 Å². The lowest BCUT2D eigenvalue weighted by Crippen LogP contribution is -2.28. The van der Waals surface area contributed by atoms with Crippen LogP contribution in [-0.4, -0.2) is 12.5 Å². The predicted molar refractivity (Wildman–Crippen MR) is 73.6 cm³/mol. The topological polar surface area (TPSA) is 29.1 Å². The molecule has 2 rings (SSSR count). The Morgan fingerprint density at radius 3 is 2.42 bits per heavy atom. The van der Waals surface area contributed by atoms with E-state index in [9.17, 15) is 9.18 Å². The van der Waals surface area contributed by atoms with Crippen LogP contribution >= 0.6 is 0 Å². The van der Waals surface area contributed by atoms with E-state index in [0.29, 0.717) is 6.54 Å². The van der Waals surface area contributed by atoms with Gasteiger partial charge in [-0.25, -0.2) is 4.39 Å². The number of hydrogen-bond acceptors (Lipinski definition) is 1. The van der Waals surface area contributed by atoms with Crippen molar-refractivity contribution in [2.45, 2.75) is 12.8 Å². The molecule has 2 nitrogen and oxygen atoms in total. The Hall–Kier alpha value is -2.16. The van der Waals surface area contributed by atoms with Crippen LogP contribution in [-0.2, 0) is 0 Å². The van der Waals surface area contributed by atoms with Gasteiger partial charge in [-0.1, -0.05) is 49.4 Å². The number of amides is 1. The molecule has 0 fully saturated rings. The SMILES string of the molecule is CC(CNC(=O)c1ccccc1F)c1ccccc1. The van der Waals surface area contributed by atoms with Crippen molar-refractivity contribution in [1.82, 2.24) is 5.32 Å². The molecule has 1 N–H and O–H groups in total. The Balaban J connectivity index is 1.96. The maximum atomic E-state index is 13.4. The summed E-state index contributed by atoms with van der Waals surface area (Å²) in [6.07, 6.45) is 0. The fourth-order valence-corrected chi connectivity index (χ4v) is 1.89. The molecule has 2 aromatic carbocycles. The maximum absolute atomic E-state index is 13.4. The summed E-state index contributed by atoms with van der Waals surface area (Å²) in [6, 6.07) is 15.9. The van der Waals surface area contributed by atoms with Crippen LogP contribution < -0.4 is 5.32 Å². The minimum atomic E-state index is -0.493. The third-order valence-electron chi connectivity index (χ3n) is 3.06. The Bertz CT molecular complexity index is 554. The lowest BCUT2D eigenvalue weighted by atomic mass is 10.0. The van der Waals surface area contributed by atoms with Crippen LogP contribution in [0.3, 0.4) is 0 Å². The van der Waals surface area contributed by atoms with Crippen LogP contribution in [0.1, 0.15) is 28.8 Å². The van der Waals surface area contributed by atoms with Crippen molar-refractivity contribution in [2.75, 3.05) is 6.54 Å². The zero-order chi connectivity index (χ0) is 13.7. The average Bonchev–Trinajstić information content (AvgIpc) is 2.46. The molecule has 0 aliphatic rings. The number of carbonyl (C=O) groups is 1. The standard InChI is InChI=1S/C16H16FNO/c1-12(13-7-3-2-4-8-13)11-18-16(19)14-9-5-6-10-15(14)17/h2-10,12H,11H2,1H3,(H,18,19). The van der Waals surface area contributed by atoms with Crippen LogP contribution in [0, 0.1) is 5.82 Å². The van der Waals surface area contributed by atoms with Gasteiger partial charge in [-0.2, -0.15) is 0 Å². The number of benzene rings is 2. The van der Waals surface area contributed by atoms with Crippen LogP contribution in [0.15, 0.2) is 54.6 Å². The van der Waals surface area contributed by atoms with Gasteiger partial charge in [0.25, 0.3) is 5.91 Å². The summed E-state index contributed by atoms with van der Waals surface area (Å²) < 4.78 is 13.4. The minimum absolute atomic E-state index is 0.0859. The molecule has 2 aromatic rings. The molecule has 1 atom stereocenters. The normalized spacial score (nSPS) is 11.9. The van der Waals surface area contributed by atoms with E-state index in [1.807, 2.05) is 37.3 Å². The van der Waals surface area contributed by atoms with E-state index in [1.165, 1.54) is 12.1 Å². The molecule has 0 spiro atoms. The highest BCUT2D eigenvalue weighted by atomic mass is 19.1. The van der Waals surface area contributed by atoms with Gasteiger partial charge in [-0.15, -0.1) is 0 Å². The summed E-state index contributed by atoms with van der Waals surface area (Å²) in [5.41, 5.74) is 1.24. The van der Waals surface area contributed by atoms with Crippen molar-refractivity contribution in [1.29, 1.82) is 0 Å². The molecule has 98 valence electrons. The van der Waals surface area contributed by atoms with Crippen molar-refractivity contribution >= 4 is 5.91 Å². The molecule has 3 heteroatoms. The maximum Gasteiger partial charge on any atom is 0.254 e. The lowest BCUT2D eigenvalue weighted by Gasteiger charge is -2.13. The summed E-state index contributed by atoms with van der Waals surface area (Å²) in [6.45, 7) is 2.51. The number of carbonyl (C=O) groups excluding carboxylic acids is 1. The van der Waals surface area contributed by atoms with Gasteiger partial charge in [0.1, 0.15) is 5.82 Å². The molecule has 1 unspecified atom stereocenters. The molecule has 0 aromatic heterocycles. The fraction of sp³-hybridized carbons (Fsp3) is 0.188. The third-order valence-corrected chi connectivity index (χ3v) is 3.06. The molecular formula is C16H16FNO. The van der Waals surface area contributed by atoms with Crippen LogP contribution in [0.25, 0.3) is 0 Å². The average molecular weight is 257 g/mol. The monoisotopic (exact) mass is 257 g/mol. The predicted octanol–water partition coefficient (Wildman–Crippen LogP) is 3.36. The zero-order valence-corrected chi connectivity index (χ0v) is 10.8. The van der Waals surface area contributed by atoms with Gasteiger partial charge in [0, 0.05) is 6.54 Å². The second-order valence-corrected chi connectivity index (χ2v) is 4.50. The Morgan fingerprint density at radius 2 is 1.74 bits per heavy atom. The highest BCUT2D eigenvalue weighted by Crippen LogP contribution is 2.13. The number of hydrogen-bond donors (Lipinski definition) is 1. The third kappa shape index (κ3) is 3.41. The van der Waals surface area contributed by atoms with Crippen LogP contribution in [0.5, 0.6) is 0 Å². The van der Waals surface area contributed by atoms with E-state index in [1.54, 1.807) is 12.1 Å². The van der Waals surface area contributed by atoms with Gasteiger partial charge in [-0.3, -0.25) is 4.79 Å². The summed E-state index contributed by atoms with van der Waals surface area (Å²) in [7, 11) is 0. The molecule has 19 heavy (non-hydrogen) atoms. The Labute approximate surface area is 112 Å². The molecule has 0 aliphatic carbocycles. The minimum Gasteiger partial charge on any atom is -0.351 e. The first-order valence-electron chi connectivity index (χ1n) is 6.26. The van der Waals surface area contributed by atoms with Gasteiger partial charge in [0.05, 0.1) is 5.56 Å². The summed E-state index contributed by atoms with van der Waals surface area (Å²) in [5, 5.41) is 2.76. The molecule has 0 saturated carbocycles. The largest absolute Gasteiger partial charge is 0.351 e. The second-order valence-electron chi connectivity index (χ2n) is 4.50. The van der Waals surface area contributed by atoms with Crippen molar-refractivity contribution in [3.8, 4) is 0 Å². The van der Waals surface area contributed by atoms with Crippen molar-refractivity contribution in [2.24, 2.45) is 0 Å². The summed E-state index contributed by atoms with van der Waals surface area (Å²) in [4.78, 5) is 11.9. The molecule has 0 saturated heterocycles. The molecule has 1 amide bonds. The number of rotatable bonds is 4. The summed E-state index contributed by atoms with van der Waals surface area (Å²) >= 11 is 0. The lowest BCUT2D eigenvalue weighted by molar-refractivity contribution is 0.0947. The van der Waals surface area contributed by atoms with E-state index in [4.69, 9.17) is 0 Å². The highest BCUT2D eigenvalue weighted by molar-refractivity contribution is 5.94. The van der Waals surface area contributed by atoms with Gasteiger partial charge in [0.15, 0.2) is 0 Å². The first kappa shape index (κ1) is 13.3. The fourth-order valence-electron chi connectivity index (χ4n) is 1.89. The molecule has 0 aliphatic heterocycles. The second kappa shape index (κ2) is 6.14. The van der Waals surface area contributed by atoms with Gasteiger partial charge >= 0.3 is 0 Å². The van der Waals surface area contributed by atoms with Crippen molar-refractivity contribution in [3.63, 3.8) is 0 Å². The van der Waals surface area contributed by atoms with E-state index in [2.05, 4.69) is 5.32 Å². The smallest absolute Gasteiger partial charge is 0.254 e. The highest BCUT2D eigenvalue weighted by Gasteiger charge is 2.12. The Morgan fingerprint density at radius 1 is 1.11 bits per heavy atom. The molecular weight excluding hydrogens is 241 g/mol. The van der Waals surface area contributed by atoms with E-state index in [-0.39, 0.29) is 17.4 Å². The number of nitrogens with one attached hydrogen (secondary N) is 1. The van der Waals surface area contributed by atoms with Gasteiger partial charge < -0.3 is 5.32 Å². The zero-order valence-electron chi connectivity index (χ0n) is 10.8. The first-order chi connectivity index (χ1) is 9.18. The molecule has 0 radical (unpaired) electrons. The summed E-state index contributed by atoms with van der Waals surface area (Å²) in [5.74, 6) is -0.676. The van der Waals surface area contributed by atoms with Gasteiger partial charge in [-0.05, 0) is 23.6 Å². The van der Waals surface area contributed by atoms with E-state index < -0.39 is 5.82 Å². The molecule has 0 heterocycles. The number of halogens is 1. The van der Waals surface area contributed by atoms with Crippen molar-refractivity contribution in [3.05, 3.63) is 71.5 Å². The quantitative estimate of drug-likeness (QED) is 0.894. The van der Waals surface area contributed by atoms with Crippen molar-refractivity contribution < 1.29 is 9.18 Å². The Kier molecular flexibility index (Phi) is 4.29.